The van der Waals surface area contributed by atoms with Crippen LogP contribution in [0.3, 0.4) is 0 Å². The lowest BCUT2D eigenvalue weighted by Gasteiger charge is -2.14. The summed E-state index contributed by atoms with van der Waals surface area (Å²) < 4.78 is 59.1. The Morgan fingerprint density at radius 1 is 1.21 bits per heavy atom. The molecule has 1 aromatic carbocycles. The molecule has 11 nitrogen and oxygen atoms in total. The van der Waals surface area contributed by atoms with Crippen molar-refractivity contribution in [1.29, 1.82) is 0 Å². The first-order valence-electron chi connectivity index (χ1n) is 9.40. The van der Waals surface area contributed by atoms with E-state index in [1.165, 1.54) is 20.4 Å². The van der Waals surface area contributed by atoms with Gasteiger partial charge in [0, 0.05) is 28.4 Å². The number of hydrogen-bond acceptors (Lipinski definition) is 8. The number of anilines is 1. The van der Waals surface area contributed by atoms with Crippen molar-refractivity contribution in [3.8, 4) is 23.2 Å². The maximum atomic E-state index is 13.2. The van der Waals surface area contributed by atoms with Crippen LogP contribution in [0.5, 0.6) is 17.5 Å². The summed E-state index contributed by atoms with van der Waals surface area (Å²) in [5.74, 6) is -0.579. The summed E-state index contributed by atoms with van der Waals surface area (Å²) in [6.07, 6.45) is 4.72. The fourth-order valence-corrected chi connectivity index (χ4v) is 4.78. The van der Waals surface area contributed by atoms with Crippen LogP contribution < -0.4 is 18.9 Å². The van der Waals surface area contributed by atoms with Gasteiger partial charge >= 0.3 is 0 Å². The molecule has 2 N–H and O–H groups in total. The molecule has 33 heavy (non-hydrogen) atoms. The number of nitrogens with zero attached hydrogens (tertiary/aromatic N) is 4. The van der Waals surface area contributed by atoms with E-state index in [1.54, 1.807) is 35.3 Å². The highest BCUT2D eigenvalue weighted by Crippen LogP contribution is 2.36. The molecule has 0 fully saturated rings. The lowest BCUT2D eigenvalue weighted by atomic mass is 10.2. The molecule has 3 heterocycles. The van der Waals surface area contributed by atoms with Gasteiger partial charge in [-0.3, -0.25) is 0 Å². The first-order chi connectivity index (χ1) is 15.9. The third-order valence-electron chi connectivity index (χ3n) is 4.50. The summed E-state index contributed by atoms with van der Waals surface area (Å²) >= 11 is 3.48. The van der Waals surface area contributed by atoms with Crippen molar-refractivity contribution >= 4 is 42.8 Å². The van der Waals surface area contributed by atoms with Gasteiger partial charge < -0.3 is 19.2 Å². The largest absolute Gasteiger partial charge is 0.481 e. The zero-order valence-corrected chi connectivity index (χ0v) is 19.8. The third-order valence-corrected chi connectivity index (χ3v) is 6.51. The molecule has 0 saturated heterocycles. The lowest BCUT2D eigenvalue weighted by molar-refractivity contribution is 0.240. The van der Waals surface area contributed by atoms with Gasteiger partial charge in [-0.15, -0.1) is 0 Å². The molecule has 0 amide bonds. The second kappa shape index (κ2) is 9.23. The number of H-pyrrole nitrogens is 1. The van der Waals surface area contributed by atoms with Crippen molar-refractivity contribution < 1.29 is 27.0 Å². The molecule has 0 atom stereocenters. The van der Waals surface area contributed by atoms with Crippen LogP contribution in [0.1, 0.15) is 0 Å². The molecule has 3 aromatic heterocycles. The van der Waals surface area contributed by atoms with E-state index < -0.39 is 16.7 Å². The molecule has 0 spiro atoms. The van der Waals surface area contributed by atoms with Gasteiger partial charge in [0.25, 0.3) is 21.8 Å². The summed E-state index contributed by atoms with van der Waals surface area (Å²) in [5.41, 5.74) is 1.20. The number of methoxy groups -OCH3 is 2. The summed E-state index contributed by atoms with van der Waals surface area (Å²) in [5, 5.41) is 4.65. The molecule has 0 aliphatic carbocycles. The molecule has 0 aliphatic heterocycles. The maximum Gasteiger partial charge on any atom is 0.266 e. The molecular weight excluding hydrogens is 523 g/mol. The molecule has 0 aliphatic rings. The second-order valence-corrected chi connectivity index (χ2v) is 8.97. The fourth-order valence-electron chi connectivity index (χ4n) is 3.15. The van der Waals surface area contributed by atoms with Crippen LogP contribution in [-0.4, -0.2) is 60.7 Å². The van der Waals surface area contributed by atoms with Crippen LogP contribution in [0.2, 0.25) is 0 Å². The van der Waals surface area contributed by atoms with Gasteiger partial charge in [-0.1, -0.05) is 6.07 Å². The number of fused-ring (bicyclic) bond motifs is 1. The van der Waals surface area contributed by atoms with Crippen LogP contribution >= 0.6 is 15.9 Å². The van der Waals surface area contributed by atoms with Crippen LogP contribution in [0.15, 0.2) is 46.2 Å². The summed E-state index contributed by atoms with van der Waals surface area (Å²) in [7, 11) is -1.53. The van der Waals surface area contributed by atoms with Gasteiger partial charge in [-0.2, -0.15) is 15.1 Å². The van der Waals surface area contributed by atoms with E-state index in [9.17, 15) is 12.8 Å². The minimum Gasteiger partial charge on any atom is -0.481 e. The molecule has 4 rings (SSSR count). The van der Waals surface area contributed by atoms with Crippen LogP contribution in [0.4, 0.5) is 10.3 Å². The smallest absolute Gasteiger partial charge is 0.266 e. The number of hydrogen-bond donors (Lipinski definition) is 2. The van der Waals surface area contributed by atoms with Crippen molar-refractivity contribution in [3.63, 3.8) is 0 Å². The first kappa shape index (κ1) is 22.8. The van der Waals surface area contributed by atoms with Crippen LogP contribution in [0.25, 0.3) is 16.6 Å². The van der Waals surface area contributed by atoms with Gasteiger partial charge in [0.15, 0.2) is 0 Å². The average Bonchev–Trinajstić information content (AvgIpc) is 3.47. The number of benzene rings is 1. The van der Waals surface area contributed by atoms with Crippen LogP contribution in [0, 0.1) is 0 Å². The molecule has 174 valence electrons. The Kier molecular flexibility index (Phi) is 6.37. The van der Waals surface area contributed by atoms with Crippen molar-refractivity contribution in [2.75, 3.05) is 32.2 Å². The van der Waals surface area contributed by atoms with Crippen LogP contribution in [-0.2, 0) is 10.0 Å². The summed E-state index contributed by atoms with van der Waals surface area (Å²) in [6, 6.07) is 5.14. The Hall–Kier alpha value is -3.39. The molecule has 4 aromatic rings. The molecule has 0 radical (unpaired) electrons. The lowest BCUT2D eigenvalue weighted by Crippen LogP contribution is -2.16. The number of aromatic amines is 1. The fraction of sp³-hybridized carbons (Fsp3) is 0.211. The zero-order chi connectivity index (χ0) is 23.6. The minimum atomic E-state index is -4.14. The number of nitrogens with one attached hydrogen (secondary N) is 2. The third kappa shape index (κ3) is 4.30. The van der Waals surface area contributed by atoms with E-state index in [1.807, 2.05) is 0 Å². The molecule has 0 bridgehead atoms. The predicted molar refractivity (Wildman–Crippen MR) is 121 cm³/mol. The Balaban J connectivity index is 1.75. The standard InChI is InChI=1S/C19H18BrFN6O5S/c1-30-17-16(32-9-6-21)18(31-2)25-19(24-17)26-33(28,29)13-10-22-14-11(13)4-5-12(20)15(14)27-8-3-7-23-27/h3-5,7-8,10,22H,6,9H2,1-2H3,(H,24,25,26). The summed E-state index contributed by atoms with van der Waals surface area (Å²) in [4.78, 5) is 11.0. The van der Waals surface area contributed by atoms with E-state index in [0.29, 0.717) is 16.6 Å². The van der Waals surface area contributed by atoms with Gasteiger partial charge in [0.1, 0.15) is 23.9 Å². The van der Waals surface area contributed by atoms with E-state index in [4.69, 9.17) is 14.2 Å². The number of rotatable bonds is 9. The number of sulfonamides is 1. The molecular formula is C19H18BrFN6O5S. The number of halogens is 2. The SMILES string of the molecule is COc1nc(NS(=O)(=O)c2c[nH]c3c(-n4cccn4)c(Br)ccc23)nc(OC)c1OCCF. The monoisotopic (exact) mass is 540 g/mol. The highest BCUT2D eigenvalue weighted by molar-refractivity contribution is 9.10. The van der Waals surface area contributed by atoms with Gasteiger partial charge in [-0.05, 0) is 28.1 Å². The normalized spacial score (nSPS) is 11.5. The minimum absolute atomic E-state index is 0.0299. The van der Waals surface area contributed by atoms with Crippen molar-refractivity contribution in [2.45, 2.75) is 4.90 Å². The Morgan fingerprint density at radius 3 is 2.55 bits per heavy atom. The topological polar surface area (TPSA) is 133 Å². The highest BCUT2D eigenvalue weighted by atomic mass is 79.9. The number of ether oxygens (including phenoxy) is 3. The molecule has 0 saturated carbocycles. The Morgan fingerprint density at radius 2 is 1.94 bits per heavy atom. The van der Waals surface area contributed by atoms with Gasteiger partial charge in [-0.25, -0.2) is 22.2 Å². The predicted octanol–water partition coefficient (Wildman–Crippen LogP) is 3.07. The molecule has 14 heteroatoms. The van der Waals surface area contributed by atoms with Crippen molar-refractivity contribution in [3.05, 3.63) is 41.3 Å². The van der Waals surface area contributed by atoms with Gasteiger partial charge in [0.05, 0.1) is 19.7 Å². The number of alkyl halides is 1. The zero-order valence-electron chi connectivity index (χ0n) is 17.4. The highest BCUT2D eigenvalue weighted by Gasteiger charge is 2.25. The molecule has 0 unspecified atom stereocenters. The van der Waals surface area contributed by atoms with Gasteiger partial charge in [0.2, 0.25) is 11.7 Å². The average molecular weight is 541 g/mol. The van der Waals surface area contributed by atoms with E-state index in [0.717, 1.165) is 4.47 Å². The summed E-state index contributed by atoms with van der Waals surface area (Å²) in [6.45, 7) is -1.03. The number of aromatic nitrogens is 5. The quantitative estimate of drug-likeness (QED) is 0.331. The second-order valence-electron chi connectivity index (χ2n) is 6.46. The van der Waals surface area contributed by atoms with E-state index in [2.05, 4.69) is 40.7 Å². The van der Waals surface area contributed by atoms with E-state index in [-0.39, 0.29) is 35.0 Å². The Bertz CT molecular complexity index is 1370. The first-order valence-corrected chi connectivity index (χ1v) is 11.7. The van der Waals surface area contributed by atoms with Crippen molar-refractivity contribution in [2.24, 2.45) is 0 Å². The van der Waals surface area contributed by atoms with E-state index >= 15 is 0 Å². The van der Waals surface area contributed by atoms with Crippen molar-refractivity contribution in [1.82, 2.24) is 24.7 Å². The maximum absolute atomic E-state index is 13.2. The Labute approximate surface area is 196 Å².